The number of ether oxygens (including phenoxy) is 1. The molecule has 0 amide bonds. The fourth-order valence-electron chi connectivity index (χ4n) is 1.77. The molecule has 0 unspecified atom stereocenters. The third-order valence-electron chi connectivity index (χ3n) is 2.89. The van der Waals surface area contributed by atoms with E-state index in [1.54, 1.807) is 7.11 Å². The molecule has 2 rings (SSSR count). The van der Waals surface area contributed by atoms with Gasteiger partial charge in [0.2, 0.25) is 0 Å². The van der Waals surface area contributed by atoms with E-state index in [1.807, 2.05) is 55.5 Å². The van der Waals surface area contributed by atoms with E-state index in [1.165, 1.54) is 5.56 Å². The van der Waals surface area contributed by atoms with E-state index in [4.69, 9.17) is 10.5 Å². The minimum atomic E-state index is 0.400. The van der Waals surface area contributed by atoms with Gasteiger partial charge in [0.05, 0.1) is 13.7 Å². The van der Waals surface area contributed by atoms with E-state index in [2.05, 4.69) is 10.3 Å². The maximum atomic E-state index is 5.87. The number of benzene rings is 2. The molecule has 0 fully saturated rings. The molecule has 2 aromatic carbocycles. The fraction of sp³-hybridized carbons (Fsp3) is 0.188. The molecule has 104 valence electrons. The second kappa shape index (κ2) is 6.61. The maximum Gasteiger partial charge on any atom is 0.193 e. The molecule has 20 heavy (non-hydrogen) atoms. The maximum absolute atomic E-state index is 5.87. The van der Waals surface area contributed by atoms with Gasteiger partial charge in [0.25, 0.3) is 0 Å². The number of hydrogen-bond acceptors (Lipinski definition) is 2. The van der Waals surface area contributed by atoms with Gasteiger partial charge in [0.15, 0.2) is 5.96 Å². The highest BCUT2D eigenvalue weighted by molar-refractivity contribution is 5.92. The Morgan fingerprint density at radius 1 is 1.20 bits per heavy atom. The zero-order valence-corrected chi connectivity index (χ0v) is 11.8. The van der Waals surface area contributed by atoms with Gasteiger partial charge in [-0.15, -0.1) is 0 Å². The molecule has 0 aliphatic rings. The lowest BCUT2D eigenvalue weighted by atomic mass is 10.2. The second-order valence-electron chi connectivity index (χ2n) is 4.54. The van der Waals surface area contributed by atoms with Crippen LogP contribution in [0.15, 0.2) is 53.5 Å². The number of rotatable bonds is 4. The van der Waals surface area contributed by atoms with Crippen LogP contribution in [0.2, 0.25) is 0 Å². The first kappa shape index (κ1) is 13.9. The molecular formula is C16H19N3O. The van der Waals surface area contributed by atoms with Crippen LogP contribution in [0.1, 0.15) is 11.1 Å². The number of nitrogens with one attached hydrogen (secondary N) is 1. The van der Waals surface area contributed by atoms with Gasteiger partial charge in [-0.25, -0.2) is 4.99 Å². The largest absolute Gasteiger partial charge is 0.497 e. The van der Waals surface area contributed by atoms with Crippen LogP contribution in [0.4, 0.5) is 5.69 Å². The molecule has 0 heterocycles. The number of hydrogen-bond donors (Lipinski definition) is 2. The number of nitrogens with two attached hydrogens (primary N) is 1. The van der Waals surface area contributed by atoms with Crippen molar-refractivity contribution in [3.8, 4) is 5.75 Å². The third kappa shape index (κ3) is 4.02. The van der Waals surface area contributed by atoms with Gasteiger partial charge in [-0.3, -0.25) is 0 Å². The minimum absolute atomic E-state index is 0.400. The van der Waals surface area contributed by atoms with Gasteiger partial charge >= 0.3 is 0 Å². The Kier molecular flexibility index (Phi) is 4.60. The van der Waals surface area contributed by atoms with Crippen molar-refractivity contribution >= 4 is 11.6 Å². The first-order chi connectivity index (χ1) is 9.67. The molecular weight excluding hydrogens is 250 g/mol. The standard InChI is InChI=1S/C16H19N3O/c1-12-6-8-14(9-7-12)19-16(17)18-11-13-4-3-5-15(10-13)20-2/h3-10H,11H2,1-2H3,(H3,17,18,19). The van der Waals surface area contributed by atoms with Gasteiger partial charge < -0.3 is 15.8 Å². The summed E-state index contributed by atoms with van der Waals surface area (Å²) in [6, 6.07) is 15.8. The van der Waals surface area contributed by atoms with E-state index in [0.29, 0.717) is 12.5 Å². The summed E-state index contributed by atoms with van der Waals surface area (Å²) < 4.78 is 5.17. The summed E-state index contributed by atoms with van der Waals surface area (Å²) in [7, 11) is 1.65. The smallest absolute Gasteiger partial charge is 0.193 e. The van der Waals surface area contributed by atoms with Gasteiger partial charge in [0, 0.05) is 5.69 Å². The number of nitrogens with zero attached hydrogens (tertiary/aromatic N) is 1. The summed E-state index contributed by atoms with van der Waals surface area (Å²) in [5.41, 5.74) is 9.07. The summed E-state index contributed by atoms with van der Waals surface area (Å²) in [4.78, 5) is 4.32. The van der Waals surface area contributed by atoms with Crippen LogP contribution in [0.3, 0.4) is 0 Å². The van der Waals surface area contributed by atoms with Crippen molar-refractivity contribution in [2.24, 2.45) is 10.7 Å². The Balaban J connectivity index is 1.98. The summed E-state index contributed by atoms with van der Waals surface area (Å²) in [6.45, 7) is 2.56. The van der Waals surface area contributed by atoms with E-state index >= 15 is 0 Å². The predicted molar refractivity (Wildman–Crippen MR) is 83.1 cm³/mol. The summed E-state index contributed by atoms with van der Waals surface area (Å²) in [5, 5.41) is 3.06. The van der Waals surface area contributed by atoms with Gasteiger partial charge in [-0.2, -0.15) is 0 Å². The Morgan fingerprint density at radius 3 is 2.65 bits per heavy atom. The Morgan fingerprint density at radius 2 is 1.95 bits per heavy atom. The highest BCUT2D eigenvalue weighted by atomic mass is 16.5. The summed E-state index contributed by atoms with van der Waals surface area (Å²) in [6.07, 6.45) is 0. The van der Waals surface area contributed by atoms with E-state index < -0.39 is 0 Å². The molecule has 3 N–H and O–H groups in total. The SMILES string of the molecule is COc1cccc(CN=C(N)Nc2ccc(C)cc2)c1. The van der Waals surface area contributed by atoms with Crippen LogP contribution in [0.25, 0.3) is 0 Å². The zero-order chi connectivity index (χ0) is 14.4. The molecule has 0 aliphatic heterocycles. The molecule has 0 atom stereocenters. The molecule has 0 bridgehead atoms. The minimum Gasteiger partial charge on any atom is -0.497 e. The molecule has 4 heteroatoms. The summed E-state index contributed by atoms with van der Waals surface area (Å²) >= 11 is 0. The number of guanidine groups is 1. The van der Waals surface area contributed by atoms with Crippen molar-refractivity contribution < 1.29 is 4.74 Å². The van der Waals surface area contributed by atoms with Gasteiger partial charge in [-0.1, -0.05) is 29.8 Å². The van der Waals surface area contributed by atoms with Crippen LogP contribution in [0.5, 0.6) is 5.75 Å². The lowest BCUT2D eigenvalue weighted by Crippen LogP contribution is -2.22. The van der Waals surface area contributed by atoms with E-state index in [9.17, 15) is 0 Å². The van der Waals surface area contributed by atoms with Crippen molar-refractivity contribution in [1.29, 1.82) is 0 Å². The number of methoxy groups -OCH3 is 1. The van der Waals surface area contributed by atoms with Crippen molar-refractivity contribution in [3.05, 3.63) is 59.7 Å². The molecule has 0 spiro atoms. The predicted octanol–water partition coefficient (Wildman–Crippen LogP) is 2.93. The molecule has 0 aromatic heterocycles. The Labute approximate surface area is 119 Å². The molecule has 2 aromatic rings. The molecule has 0 aliphatic carbocycles. The van der Waals surface area contributed by atoms with Crippen LogP contribution >= 0.6 is 0 Å². The van der Waals surface area contributed by atoms with Crippen molar-refractivity contribution in [3.63, 3.8) is 0 Å². The topological polar surface area (TPSA) is 59.6 Å². The monoisotopic (exact) mass is 269 g/mol. The second-order valence-corrected chi connectivity index (χ2v) is 4.54. The average Bonchev–Trinajstić information content (AvgIpc) is 2.48. The van der Waals surface area contributed by atoms with Gasteiger partial charge in [-0.05, 0) is 36.8 Å². The number of aryl methyl sites for hydroxylation is 1. The lowest BCUT2D eigenvalue weighted by Gasteiger charge is -2.06. The van der Waals surface area contributed by atoms with Crippen molar-refractivity contribution in [2.45, 2.75) is 13.5 Å². The normalized spacial score (nSPS) is 11.2. The van der Waals surface area contributed by atoms with Crippen LogP contribution < -0.4 is 15.8 Å². The van der Waals surface area contributed by atoms with E-state index in [0.717, 1.165) is 17.0 Å². The van der Waals surface area contributed by atoms with Crippen LogP contribution in [0, 0.1) is 6.92 Å². The average molecular weight is 269 g/mol. The van der Waals surface area contributed by atoms with Crippen molar-refractivity contribution in [2.75, 3.05) is 12.4 Å². The third-order valence-corrected chi connectivity index (χ3v) is 2.89. The first-order valence-electron chi connectivity index (χ1n) is 6.44. The summed E-state index contributed by atoms with van der Waals surface area (Å²) in [5.74, 6) is 1.22. The Hall–Kier alpha value is -2.49. The highest BCUT2D eigenvalue weighted by Crippen LogP contribution is 2.13. The van der Waals surface area contributed by atoms with Crippen LogP contribution in [-0.4, -0.2) is 13.1 Å². The molecule has 0 radical (unpaired) electrons. The zero-order valence-electron chi connectivity index (χ0n) is 11.8. The number of anilines is 1. The molecule has 0 saturated carbocycles. The highest BCUT2D eigenvalue weighted by Gasteiger charge is 1.97. The quantitative estimate of drug-likeness (QED) is 0.662. The van der Waals surface area contributed by atoms with Crippen molar-refractivity contribution in [1.82, 2.24) is 0 Å². The fourth-order valence-corrected chi connectivity index (χ4v) is 1.77. The first-order valence-corrected chi connectivity index (χ1v) is 6.44. The molecule has 4 nitrogen and oxygen atoms in total. The Bertz CT molecular complexity index is 591. The molecule has 0 saturated heterocycles. The lowest BCUT2D eigenvalue weighted by molar-refractivity contribution is 0.414. The van der Waals surface area contributed by atoms with Crippen LogP contribution in [-0.2, 0) is 6.54 Å². The number of aliphatic imine (C=N–C) groups is 1. The van der Waals surface area contributed by atoms with E-state index in [-0.39, 0.29) is 0 Å². The van der Waals surface area contributed by atoms with Gasteiger partial charge in [0.1, 0.15) is 5.75 Å².